The summed E-state index contributed by atoms with van der Waals surface area (Å²) < 4.78 is 12.7. The lowest BCUT2D eigenvalue weighted by molar-refractivity contribution is 0.620. The average Bonchev–Trinajstić information content (AvgIpc) is 3.69. The molecule has 0 saturated carbocycles. The molecule has 0 radical (unpaired) electrons. The second kappa shape index (κ2) is 8.92. The number of aromatic nitrogens is 1. The van der Waals surface area contributed by atoms with Gasteiger partial charge >= 0.3 is 0 Å². The van der Waals surface area contributed by atoms with Gasteiger partial charge in [0.05, 0.1) is 0 Å². The van der Waals surface area contributed by atoms with Crippen molar-refractivity contribution in [3.8, 4) is 33.9 Å². The van der Waals surface area contributed by atoms with E-state index in [9.17, 15) is 0 Å². The van der Waals surface area contributed by atoms with Crippen LogP contribution in [0.2, 0.25) is 0 Å². The zero-order chi connectivity index (χ0) is 27.6. The predicted octanol–water partition coefficient (Wildman–Crippen LogP) is 11.0. The van der Waals surface area contributed by atoms with Crippen LogP contribution in [0.25, 0.3) is 88.3 Å². The highest BCUT2D eigenvalue weighted by atomic mass is 16.3. The number of hydrogen-bond acceptors (Lipinski definition) is 3. The molecule has 0 unspecified atom stereocenters. The van der Waals surface area contributed by atoms with Crippen LogP contribution in [0.5, 0.6) is 0 Å². The number of hydrogen-bond donors (Lipinski definition) is 0. The van der Waals surface area contributed by atoms with Crippen LogP contribution in [-0.4, -0.2) is 4.98 Å². The van der Waals surface area contributed by atoms with Gasteiger partial charge in [0.25, 0.3) is 0 Å². The fraction of sp³-hybridized carbons (Fsp3) is 0. The van der Waals surface area contributed by atoms with Crippen LogP contribution < -0.4 is 0 Å². The van der Waals surface area contributed by atoms with Gasteiger partial charge in [-0.15, -0.1) is 0 Å². The van der Waals surface area contributed by atoms with Gasteiger partial charge in [-0.3, -0.25) is 0 Å². The third-order valence-corrected chi connectivity index (χ3v) is 8.30. The van der Waals surface area contributed by atoms with Crippen LogP contribution in [0.15, 0.2) is 148 Å². The molecule has 0 amide bonds. The number of oxazole rings is 1. The van der Waals surface area contributed by atoms with Gasteiger partial charge in [-0.25, -0.2) is 4.98 Å². The molecule has 2 aromatic heterocycles. The fourth-order valence-corrected chi connectivity index (χ4v) is 6.37. The Hall–Kier alpha value is -5.67. The van der Waals surface area contributed by atoms with Gasteiger partial charge in [0.1, 0.15) is 16.9 Å². The van der Waals surface area contributed by atoms with Crippen molar-refractivity contribution in [2.75, 3.05) is 0 Å². The van der Waals surface area contributed by atoms with Crippen LogP contribution in [0.1, 0.15) is 0 Å². The molecule has 2 heterocycles. The molecular weight excluding hydrogens is 514 g/mol. The molecule has 0 aliphatic rings. The van der Waals surface area contributed by atoms with Crippen LogP contribution in [0.3, 0.4) is 0 Å². The Labute approximate surface area is 241 Å². The van der Waals surface area contributed by atoms with Crippen molar-refractivity contribution >= 4 is 54.4 Å². The summed E-state index contributed by atoms with van der Waals surface area (Å²) >= 11 is 0. The number of rotatable bonds is 3. The van der Waals surface area contributed by atoms with E-state index in [2.05, 4.69) is 115 Å². The van der Waals surface area contributed by atoms with Crippen molar-refractivity contribution < 1.29 is 8.83 Å². The van der Waals surface area contributed by atoms with Gasteiger partial charge < -0.3 is 8.83 Å². The first-order valence-corrected chi connectivity index (χ1v) is 14.1. The van der Waals surface area contributed by atoms with Gasteiger partial charge in [0, 0.05) is 21.9 Å². The van der Waals surface area contributed by atoms with E-state index < -0.39 is 0 Å². The lowest BCUT2D eigenvalue weighted by Crippen LogP contribution is -1.90. The molecule has 9 aromatic rings. The Morgan fingerprint density at radius 3 is 1.71 bits per heavy atom. The first-order valence-electron chi connectivity index (χ1n) is 14.1. The Kier molecular flexibility index (Phi) is 4.90. The Morgan fingerprint density at radius 2 is 1.00 bits per heavy atom. The summed E-state index contributed by atoms with van der Waals surface area (Å²) in [5.74, 6) is 1.51. The van der Waals surface area contributed by atoms with E-state index in [-0.39, 0.29) is 0 Å². The molecule has 0 saturated heterocycles. The maximum Gasteiger partial charge on any atom is 0.227 e. The van der Waals surface area contributed by atoms with Crippen molar-refractivity contribution in [1.82, 2.24) is 4.98 Å². The normalized spacial score (nSPS) is 11.8. The van der Waals surface area contributed by atoms with Crippen LogP contribution in [-0.2, 0) is 0 Å². The molecule has 3 heteroatoms. The van der Waals surface area contributed by atoms with Crippen molar-refractivity contribution in [2.24, 2.45) is 0 Å². The Morgan fingerprint density at radius 1 is 0.429 bits per heavy atom. The van der Waals surface area contributed by atoms with E-state index >= 15 is 0 Å². The summed E-state index contributed by atoms with van der Waals surface area (Å²) in [5.41, 5.74) is 7.00. The molecule has 196 valence electrons. The smallest absolute Gasteiger partial charge is 0.227 e. The molecule has 0 bridgehead atoms. The van der Waals surface area contributed by atoms with Gasteiger partial charge in [-0.05, 0) is 68.4 Å². The van der Waals surface area contributed by atoms with E-state index in [1.807, 2.05) is 24.3 Å². The van der Waals surface area contributed by atoms with E-state index in [4.69, 9.17) is 13.8 Å². The summed E-state index contributed by atoms with van der Waals surface area (Å²) in [4.78, 5) is 4.69. The van der Waals surface area contributed by atoms with Gasteiger partial charge in [-0.1, -0.05) is 109 Å². The molecule has 0 fully saturated rings. The van der Waals surface area contributed by atoms with E-state index in [1.54, 1.807) is 0 Å². The minimum absolute atomic E-state index is 0.630. The lowest BCUT2D eigenvalue weighted by Gasteiger charge is -2.16. The number of benzene rings is 7. The van der Waals surface area contributed by atoms with Gasteiger partial charge in [-0.2, -0.15) is 0 Å². The second-order valence-electron chi connectivity index (χ2n) is 10.7. The largest absolute Gasteiger partial charge is 0.455 e. The highest BCUT2D eigenvalue weighted by molar-refractivity contribution is 6.21. The predicted molar refractivity (Wildman–Crippen MR) is 173 cm³/mol. The van der Waals surface area contributed by atoms with Crippen LogP contribution in [0, 0.1) is 0 Å². The Balaban J connectivity index is 1.27. The van der Waals surface area contributed by atoms with E-state index in [1.165, 1.54) is 21.7 Å². The summed E-state index contributed by atoms with van der Waals surface area (Å²) in [6, 6.07) is 48.6. The van der Waals surface area contributed by atoms with E-state index in [0.717, 1.165) is 60.7 Å². The third-order valence-electron chi connectivity index (χ3n) is 8.30. The summed E-state index contributed by atoms with van der Waals surface area (Å²) in [7, 11) is 0. The molecule has 42 heavy (non-hydrogen) atoms. The topological polar surface area (TPSA) is 39.2 Å². The van der Waals surface area contributed by atoms with Crippen molar-refractivity contribution in [2.45, 2.75) is 0 Å². The maximum atomic E-state index is 6.70. The number of furan rings is 1. The molecular formula is C39H23NO2. The number of nitrogens with zero attached hydrogens (tertiary/aromatic N) is 1. The zero-order valence-corrected chi connectivity index (χ0v) is 22.5. The third kappa shape index (κ3) is 3.44. The highest BCUT2D eigenvalue weighted by Crippen LogP contribution is 2.45. The highest BCUT2D eigenvalue weighted by Gasteiger charge is 2.19. The molecule has 7 aromatic carbocycles. The first kappa shape index (κ1) is 23.1. The number of para-hydroxylation sites is 2. The quantitative estimate of drug-likeness (QED) is 0.210. The zero-order valence-electron chi connectivity index (χ0n) is 22.5. The summed E-state index contributed by atoms with van der Waals surface area (Å²) in [6.45, 7) is 0. The molecule has 3 nitrogen and oxygen atoms in total. The second-order valence-corrected chi connectivity index (χ2v) is 10.7. The van der Waals surface area contributed by atoms with Crippen LogP contribution >= 0.6 is 0 Å². The summed E-state index contributed by atoms with van der Waals surface area (Å²) in [5, 5.41) is 8.12. The van der Waals surface area contributed by atoms with Crippen molar-refractivity contribution in [1.29, 1.82) is 0 Å². The summed E-state index contributed by atoms with van der Waals surface area (Å²) in [6.07, 6.45) is 0. The SMILES string of the molecule is c1ccc2c(c1)ccc1cc(-c3c4ccccc4c(-c4ccc(-c5nc6ccccc6o5)cc4)c4ccccc34)oc12. The lowest BCUT2D eigenvalue weighted by atomic mass is 9.87. The monoisotopic (exact) mass is 537 g/mol. The van der Waals surface area contributed by atoms with Crippen LogP contribution in [0.4, 0.5) is 0 Å². The average molecular weight is 538 g/mol. The van der Waals surface area contributed by atoms with Crippen molar-refractivity contribution in [3.63, 3.8) is 0 Å². The standard InChI is InChI=1S/C39H23NO2/c1-2-10-28-24(9-1)17-22-27-23-35(41-38(27)28)37-31-13-5-3-11-29(31)36(30-12-4-6-14-32(30)37)25-18-20-26(21-19-25)39-40-33-15-7-8-16-34(33)42-39/h1-23H. The molecule has 0 spiro atoms. The Bertz CT molecular complexity index is 2370. The maximum absolute atomic E-state index is 6.70. The molecule has 0 N–H and O–H groups in total. The first-order chi connectivity index (χ1) is 20.8. The number of fused-ring (bicyclic) bond motifs is 6. The van der Waals surface area contributed by atoms with Crippen molar-refractivity contribution in [3.05, 3.63) is 140 Å². The minimum atomic E-state index is 0.630. The van der Waals surface area contributed by atoms with Gasteiger partial charge in [0.15, 0.2) is 5.58 Å². The fourth-order valence-electron chi connectivity index (χ4n) is 6.37. The minimum Gasteiger partial charge on any atom is -0.455 e. The molecule has 0 aliphatic heterocycles. The molecule has 0 aliphatic carbocycles. The van der Waals surface area contributed by atoms with E-state index in [0.29, 0.717) is 5.89 Å². The molecule has 9 rings (SSSR count). The molecule has 0 atom stereocenters. The van der Waals surface area contributed by atoms with Gasteiger partial charge in [0.2, 0.25) is 5.89 Å².